The first-order valence-corrected chi connectivity index (χ1v) is 11.4. The molecule has 0 saturated heterocycles. The first-order chi connectivity index (χ1) is 16.5. The topological polar surface area (TPSA) is 72.6 Å². The minimum Gasteiger partial charge on any atom is -0.497 e. The zero-order valence-electron chi connectivity index (χ0n) is 18.2. The summed E-state index contributed by atoms with van der Waals surface area (Å²) in [6.07, 6.45) is 0. The molecule has 6 rings (SSSR count). The summed E-state index contributed by atoms with van der Waals surface area (Å²) in [4.78, 5) is 33.3. The monoisotopic (exact) mass is 472 g/mol. The average molecular weight is 472 g/mol. The van der Waals surface area contributed by atoms with E-state index in [-0.39, 0.29) is 22.3 Å². The van der Waals surface area contributed by atoms with Gasteiger partial charge in [-0.05, 0) is 43.3 Å². The smallest absolute Gasteiger partial charge is 0.297 e. The van der Waals surface area contributed by atoms with Crippen molar-refractivity contribution in [3.05, 3.63) is 99.2 Å². The van der Waals surface area contributed by atoms with Gasteiger partial charge in [0.15, 0.2) is 10.6 Å². The number of carbonyl (C=O) groups excluding carboxylic acids is 1. The van der Waals surface area contributed by atoms with Gasteiger partial charge in [0.1, 0.15) is 23.2 Å². The molecule has 34 heavy (non-hydrogen) atoms. The number of anilines is 1. The quantitative estimate of drug-likeness (QED) is 0.341. The fourth-order valence-corrected chi connectivity index (χ4v) is 5.42. The molecule has 0 bridgehead atoms. The molecule has 1 aliphatic heterocycles. The third-order valence-corrected chi connectivity index (χ3v) is 7.03. The van der Waals surface area contributed by atoms with Crippen LogP contribution in [0.5, 0.6) is 5.75 Å². The number of halogens is 1. The lowest BCUT2D eigenvalue weighted by Gasteiger charge is -2.22. The summed E-state index contributed by atoms with van der Waals surface area (Å²) >= 11 is 1.26. The van der Waals surface area contributed by atoms with E-state index in [0.717, 1.165) is 10.3 Å². The van der Waals surface area contributed by atoms with Crippen LogP contribution in [0.25, 0.3) is 21.2 Å². The molecule has 0 saturated carbocycles. The SMILES string of the molecule is COc1ccc2nc(N3C(=O)c4oc5ccc(C)cc5c(=O)c4[C@@H]3c3ccccc3F)sc2c1. The van der Waals surface area contributed by atoms with Gasteiger partial charge in [-0.3, -0.25) is 14.5 Å². The molecular formula is C26H17FN2O4S. The molecule has 0 fully saturated rings. The van der Waals surface area contributed by atoms with Crippen molar-refractivity contribution >= 4 is 43.6 Å². The summed E-state index contributed by atoms with van der Waals surface area (Å²) in [7, 11) is 1.57. The lowest BCUT2D eigenvalue weighted by atomic mass is 9.98. The number of aryl methyl sites for hydroxylation is 1. The normalized spacial score (nSPS) is 15.3. The molecule has 8 heteroatoms. The molecule has 3 aromatic carbocycles. The molecule has 168 valence electrons. The van der Waals surface area contributed by atoms with Crippen LogP contribution in [0, 0.1) is 12.7 Å². The van der Waals surface area contributed by atoms with Crippen LogP contribution in [0.1, 0.15) is 33.3 Å². The highest BCUT2D eigenvalue weighted by Gasteiger charge is 2.45. The number of rotatable bonds is 3. The maximum atomic E-state index is 15.1. The summed E-state index contributed by atoms with van der Waals surface area (Å²) in [6.45, 7) is 1.87. The molecule has 0 aliphatic carbocycles. The number of ether oxygens (including phenoxy) is 1. The zero-order valence-corrected chi connectivity index (χ0v) is 19.0. The second kappa shape index (κ2) is 7.50. The van der Waals surface area contributed by atoms with Gasteiger partial charge in [-0.1, -0.05) is 41.2 Å². The number of benzene rings is 3. The van der Waals surface area contributed by atoms with E-state index in [4.69, 9.17) is 9.15 Å². The van der Waals surface area contributed by atoms with Crippen molar-refractivity contribution < 1.29 is 18.3 Å². The number of fused-ring (bicyclic) bond motifs is 3. The molecule has 0 spiro atoms. The van der Waals surface area contributed by atoms with Crippen molar-refractivity contribution in [2.24, 2.45) is 0 Å². The number of amides is 1. The molecule has 2 aromatic heterocycles. The van der Waals surface area contributed by atoms with Crippen LogP contribution >= 0.6 is 11.3 Å². The Morgan fingerprint density at radius 3 is 2.71 bits per heavy atom. The first kappa shape index (κ1) is 20.6. The van der Waals surface area contributed by atoms with E-state index < -0.39 is 17.8 Å². The molecule has 1 amide bonds. The van der Waals surface area contributed by atoms with Crippen molar-refractivity contribution in [1.29, 1.82) is 0 Å². The molecule has 1 aliphatic rings. The summed E-state index contributed by atoms with van der Waals surface area (Å²) in [5, 5.41) is 0.691. The van der Waals surface area contributed by atoms with Crippen molar-refractivity contribution in [3.8, 4) is 5.75 Å². The highest BCUT2D eigenvalue weighted by Crippen LogP contribution is 2.44. The Labute approximate surface area is 196 Å². The van der Waals surface area contributed by atoms with Crippen LogP contribution in [-0.4, -0.2) is 18.0 Å². The molecule has 0 N–H and O–H groups in total. The molecular weight excluding hydrogens is 455 g/mol. The number of hydrogen-bond donors (Lipinski definition) is 0. The van der Waals surface area contributed by atoms with Gasteiger partial charge in [-0.2, -0.15) is 0 Å². The Bertz CT molecular complexity index is 1690. The predicted molar refractivity (Wildman–Crippen MR) is 128 cm³/mol. The Hall–Kier alpha value is -4.04. The maximum absolute atomic E-state index is 15.1. The summed E-state index contributed by atoms with van der Waals surface area (Å²) in [6, 6.07) is 15.7. The third-order valence-electron chi connectivity index (χ3n) is 6.02. The van der Waals surface area contributed by atoms with Crippen LogP contribution < -0.4 is 15.1 Å². The number of aromatic nitrogens is 1. The van der Waals surface area contributed by atoms with Crippen LogP contribution in [-0.2, 0) is 0 Å². The van der Waals surface area contributed by atoms with Gasteiger partial charge in [-0.15, -0.1) is 0 Å². The summed E-state index contributed by atoms with van der Waals surface area (Å²) in [5.74, 6) is -0.493. The molecule has 0 unspecified atom stereocenters. The largest absolute Gasteiger partial charge is 0.497 e. The van der Waals surface area contributed by atoms with Gasteiger partial charge >= 0.3 is 0 Å². The van der Waals surface area contributed by atoms with E-state index >= 15 is 4.39 Å². The lowest BCUT2D eigenvalue weighted by Crippen LogP contribution is -2.30. The van der Waals surface area contributed by atoms with E-state index in [1.807, 2.05) is 19.1 Å². The molecule has 0 radical (unpaired) electrons. The third kappa shape index (κ3) is 2.95. The van der Waals surface area contributed by atoms with Crippen molar-refractivity contribution in [3.63, 3.8) is 0 Å². The number of nitrogens with zero attached hydrogens (tertiary/aromatic N) is 2. The summed E-state index contributed by atoms with van der Waals surface area (Å²) in [5.41, 5.74) is 1.81. The predicted octanol–water partition coefficient (Wildman–Crippen LogP) is 5.61. The van der Waals surface area contributed by atoms with E-state index in [1.54, 1.807) is 49.6 Å². The Kier molecular flexibility index (Phi) is 4.53. The molecule has 3 heterocycles. The Morgan fingerprint density at radius 2 is 1.91 bits per heavy atom. The van der Waals surface area contributed by atoms with Crippen LogP contribution in [0.2, 0.25) is 0 Å². The Balaban J connectivity index is 1.64. The van der Waals surface area contributed by atoms with E-state index in [0.29, 0.717) is 27.4 Å². The molecule has 6 nitrogen and oxygen atoms in total. The minimum absolute atomic E-state index is 0.0913. The number of thiazole rings is 1. The maximum Gasteiger partial charge on any atom is 0.297 e. The highest BCUT2D eigenvalue weighted by molar-refractivity contribution is 7.22. The molecule has 1 atom stereocenters. The fraction of sp³-hybridized carbons (Fsp3) is 0.115. The lowest BCUT2D eigenvalue weighted by molar-refractivity contribution is 0.0971. The van der Waals surface area contributed by atoms with Crippen LogP contribution in [0.4, 0.5) is 9.52 Å². The van der Waals surface area contributed by atoms with Gasteiger partial charge in [0.05, 0.1) is 28.3 Å². The van der Waals surface area contributed by atoms with Gasteiger partial charge < -0.3 is 9.15 Å². The number of carbonyl (C=O) groups is 1. The second-order valence-corrected chi connectivity index (χ2v) is 9.11. The van der Waals surface area contributed by atoms with Gasteiger partial charge in [-0.25, -0.2) is 9.37 Å². The van der Waals surface area contributed by atoms with E-state index in [2.05, 4.69) is 4.98 Å². The highest BCUT2D eigenvalue weighted by atomic mass is 32.1. The van der Waals surface area contributed by atoms with Crippen LogP contribution in [0.15, 0.2) is 69.9 Å². The van der Waals surface area contributed by atoms with E-state index in [9.17, 15) is 9.59 Å². The first-order valence-electron chi connectivity index (χ1n) is 10.6. The van der Waals surface area contributed by atoms with Gasteiger partial charge in [0.2, 0.25) is 5.76 Å². The summed E-state index contributed by atoms with van der Waals surface area (Å²) < 4.78 is 27.1. The van der Waals surface area contributed by atoms with Gasteiger partial charge in [0, 0.05) is 5.56 Å². The van der Waals surface area contributed by atoms with E-state index in [1.165, 1.54) is 22.3 Å². The van der Waals surface area contributed by atoms with Gasteiger partial charge in [0.25, 0.3) is 5.91 Å². The van der Waals surface area contributed by atoms with Crippen molar-refractivity contribution in [2.45, 2.75) is 13.0 Å². The van der Waals surface area contributed by atoms with Crippen LogP contribution in [0.3, 0.4) is 0 Å². The zero-order chi connectivity index (χ0) is 23.6. The van der Waals surface area contributed by atoms with Crippen molar-refractivity contribution in [1.82, 2.24) is 4.98 Å². The second-order valence-electron chi connectivity index (χ2n) is 8.10. The average Bonchev–Trinajstić information content (AvgIpc) is 3.38. The molecule has 5 aromatic rings. The minimum atomic E-state index is -1.01. The number of hydrogen-bond acceptors (Lipinski definition) is 6. The number of methoxy groups -OCH3 is 1. The van der Waals surface area contributed by atoms with Crippen molar-refractivity contribution in [2.75, 3.05) is 12.0 Å². The Morgan fingerprint density at radius 1 is 1.09 bits per heavy atom. The standard InChI is InChI=1S/C26H17FN2O4S/c1-13-7-10-19-16(11-13)23(30)21-22(15-5-3-4-6-17(15)27)29(25(31)24(21)33-19)26-28-18-9-8-14(32-2)12-20(18)34-26/h3-12,22H,1-2H3/t22-/m0/s1. The fourth-order valence-electron chi connectivity index (χ4n) is 4.40.